The maximum atomic E-state index is 15.3. The first kappa shape index (κ1) is 34.7. The van der Waals surface area contributed by atoms with Gasteiger partial charge in [-0.3, -0.25) is 24.0 Å². The van der Waals surface area contributed by atoms with Crippen LogP contribution >= 0.6 is 11.3 Å². The van der Waals surface area contributed by atoms with Crippen molar-refractivity contribution in [3.05, 3.63) is 33.5 Å². The third-order valence-corrected chi connectivity index (χ3v) is 11.2. The van der Waals surface area contributed by atoms with Gasteiger partial charge in [-0.05, 0) is 36.4 Å². The summed E-state index contributed by atoms with van der Waals surface area (Å²) >= 11 is 1.24. The van der Waals surface area contributed by atoms with Crippen LogP contribution in [-0.2, 0) is 52.4 Å². The average Bonchev–Trinajstić information content (AvgIpc) is 3.49. The lowest BCUT2D eigenvalue weighted by atomic mass is 9.44. The minimum absolute atomic E-state index is 0.0977. The highest BCUT2D eigenvalue weighted by molar-refractivity contribution is 7.08. The number of thiophene rings is 1. The highest BCUT2D eigenvalue weighted by Gasteiger charge is 2.79. The van der Waals surface area contributed by atoms with Crippen molar-refractivity contribution in [3.8, 4) is 0 Å². The second kappa shape index (κ2) is 11.8. The highest BCUT2D eigenvalue weighted by atomic mass is 32.1. The number of carbonyl (C=O) groups excluding carboxylic acids is 6. The number of esters is 5. The number of carbonyl (C=O) groups is 6. The van der Waals surface area contributed by atoms with Gasteiger partial charge in [0.25, 0.3) is 0 Å². The van der Waals surface area contributed by atoms with Gasteiger partial charge in [0.05, 0.1) is 23.5 Å². The zero-order chi connectivity index (χ0) is 34.9. The Balaban J connectivity index is 1.90. The molecule has 2 bridgehead atoms. The van der Waals surface area contributed by atoms with Crippen molar-refractivity contribution in [1.82, 2.24) is 0 Å². The minimum atomic E-state index is -2.18. The molecule has 13 nitrogen and oxygen atoms in total. The molecule has 1 aliphatic heterocycles. The first-order valence-electron chi connectivity index (χ1n) is 15.3. The van der Waals surface area contributed by atoms with Gasteiger partial charge in [-0.25, -0.2) is 4.79 Å². The van der Waals surface area contributed by atoms with Crippen LogP contribution in [0.1, 0.15) is 78.6 Å². The van der Waals surface area contributed by atoms with Gasteiger partial charge in [-0.1, -0.05) is 13.8 Å². The molecule has 0 radical (unpaired) electrons. The van der Waals surface area contributed by atoms with E-state index in [9.17, 15) is 29.1 Å². The number of ketones is 1. The van der Waals surface area contributed by atoms with E-state index in [2.05, 4.69) is 0 Å². The van der Waals surface area contributed by atoms with E-state index in [1.54, 1.807) is 31.5 Å². The summed E-state index contributed by atoms with van der Waals surface area (Å²) in [5.74, 6) is -5.98. The van der Waals surface area contributed by atoms with Crippen molar-refractivity contribution >= 4 is 47.0 Å². The molecule has 5 rings (SSSR count). The first-order valence-corrected chi connectivity index (χ1v) is 16.3. The van der Waals surface area contributed by atoms with Crippen LogP contribution in [0.25, 0.3) is 0 Å². The van der Waals surface area contributed by atoms with Gasteiger partial charge in [0.2, 0.25) is 0 Å². The number of fused-ring (bicyclic) bond motifs is 5. The third-order valence-electron chi connectivity index (χ3n) is 10.5. The predicted molar refractivity (Wildman–Crippen MR) is 162 cm³/mol. The van der Waals surface area contributed by atoms with Crippen LogP contribution in [0.4, 0.5) is 0 Å². The molecule has 3 fully saturated rings. The Hall–Kier alpha value is -3.62. The second-order valence-electron chi connectivity index (χ2n) is 13.6. The van der Waals surface area contributed by atoms with Gasteiger partial charge in [-0.2, -0.15) is 11.3 Å². The fourth-order valence-electron chi connectivity index (χ4n) is 8.37. The van der Waals surface area contributed by atoms with E-state index in [1.807, 2.05) is 0 Å². The predicted octanol–water partition coefficient (Wildman–Crippen LogP) is 2.86. The Kier molecular flexibility index (Phi) is 8.72. The second-order valence-corrected chi connectivity index (χ2v) is 14.4. The average molecular weight is 677 g/mol. The van der Waals surface area contributed by atoms with Crippen molar-refractivity contribution in [2.45, 2.75) is 110 Å². The molecule has 2 saturated carbocycles. The van der Waals surface area contributed by atoms with E-state index in [4.69, 9.17) is 28.4 Å². The number of hydrogen-bond acceptors (Lipinski definition) is 14. The molecule has 1 aromatic heterocycles. The number of Topliss-reactive ketones (excluding diaryl/α,β-unsaturated/α-hetero) is 1. The van der Waals surface area contributed by atoms with E-state index in [0.29, 0.717) is 5.57 Å². The molecule has 0 amide bonds. The molecule has 14 heteroatoms. The van der Waals surface area contributed by atoms with Crippen LogP contribution < -0.4 is 0 Å². The maximum absolute atomic E-state index is 15.3. The zero-order valence-electron chi connectivity index (χ0n) is 27.6. The minimum Gasteiger partial charge on any atom is -0.461 e. The molecule has 4 aliphatic rings. The summed E-state index contributed by atoms with van der Waals surface area (Å²) in [6, 6.07) is 1.53. The Morgan fingerprint density at radius 2 is 1.57 bits per heavy atom. The van der Waals surface area contributed by atoms with Gasteiger partial charge in [-0.15, -0.1) is 0 Å². The Labute approximate surface area is 275 Å². The largest absolute Gasteiger partial charge is 0.461 e. The maximum Gasteiger partial charge on any atom is 0.339 e. The quantitative estimate of drug-likeness (QED) is 0.265. The van der Waals surface area contributed by atoms with Crippen LogP contribution in [0.2, 0.25) is 0 Å². The van der Waals surface area contributed by atoms with Gasteiger partial charge < -0.3 is 33.5 Å². The van der Waals surface area contributed by atoms with Crippen molar-refractivity contribution in [2.75, 3.05) is 6.61 Å². The van der Waals surface area contributed by atoms with Gasteiger partial charge in [0, 0.05) is 51.3 Å². The molecule has 1 N–H and O–H groups in total. The van der Waals surface area contributed by atoms with Crippen LogP contribution in [-0.4, -0.2) is 89.1 Å². The lowest BCUT2D eigenvalue weighted by Crippen LogP contribution is -2.82. The summed E-state index contributed by atoms with van der Waals surface area (Å²) in [4.78, 5) is 79.5. The van der Waals surface area contributed by atoms with Crippen molar-refractivity contribution in [1.29, 1.82) is 0 Å². The monoisotopic (exact) mass is 676 g/mol. The lowest BCUT2D eigenvalue weighted by Gasteiger charge is -2.67. The number of ether oxygens (including phenoxy) is 6. The van der Waals surface area contributed by atoms with E-state index >= 15 is 4.79 Å². The van der Waals surface area contributed by atoms with Crippen LogP contribution in [0.5, 0.6) is 0 Å². The molecule has 9 atom stereocenters. The summed E-state index contributed by atoms with van der Waals surface area (Å²) in [6.07, 6.45) is -7.08. The fraction of sp³-hybridized carbons (Fsp3) is 0.636. The summed E-state index contributed by atoms with van der Waals surface area (Å²) in [7, 11) is 0. The smallest absolute Gasteiger partial charge is 0.339 e. The molecule has 0 spiro atoms. The molecular weight excluding hydrogens is 636 g/mol. The van der Waals surface area contributed by atoms with Gasteiger partial charge >= 0.3 is 29.8 Å². The zero-order valence-corrected chi connectivity index (χ0v) is 28.4. The molecule has 0 unspecified atom stereocenters. The molecule has 0 aromatic carbocycles. The lowest BCUT2D eigenvalue weighted by molar-refractivity contribution is -0.346. The normalized spacial score (nSPS) is 37.1. The van der Waals surface area contributed by atoms with Crippen LogP contribution in [0.3, 0.4) is 0 Å². The van der Waals surface area contributed by atoms with E-state index in [0.717, 1.165) is 6.92 Å². The van der Waals surface area contributed by atoms with E-state index < -0.39 is 94.1 Å². The van der Waals surface area contributed by atoms with Gasteiger partial charge in [0.1, 0.15) is 30.0 Å². The molecular formula is C33H40O13S. The molecule has 3 aliphatic carbocycles. The number of aliphatic hydroxyl groups is 1. The summed E-state index contributed by atoms with van der Waals surface area (Å²) in [5, 5.41) is 16.5. The molecule has 1 saturated heterocycles. The summed E-state index contributed by atoms with van der Waals surface area (Å²) in [6.45, 7) is 10.7. The van der Waals surface area contributed by atoms with E-state index in [1.165, 1.54) is 45.1 Å². The molecule has 2 heterocycles. The van der Waals surface area contributed by atoms with Crippen LogP contribution in [0, 0.1) is 16.7 Å². The Morgan fingerprint density at radius 3 is 2.09 bits per heavy atom. The van der Waals surface area contributed by atoms with E-state index in [-0.39, 0.29) is 30.6 Å². The fourth-order valence-corrected chi connectivity index (χ4v) is 9.00. The standard InChI is InChI=1S/C33H40O13S/c1-15-21(42-16(2)34)12-33(40)28(45-29(39)20-9-10-47-13-20)26-31(8,27(38)25(44-18(4)36)24(15)30(33,6)7)22(43-17(3)35)11-23-32(26,14-41-23)46-19(5)37/h9-10,13,21-23,25-26,28,40H,11-12,14H2,1-8H3/t21-,22-,23+,25+,26-,28-,31+,32-,33+/m0/s1. The van der Waals surface area contributed by atoms with Crippen molar-refractivity contribution in [2.24, 2.45) is 16.7 Å². The number of hydrogen-bond donors (Lipinski definition) is 1. The molecule has 256 valence electrons. The summed E-state index contributed by atoms with van der Waals surface area (Å²) in [5.41, 5.74) is -6.59. The summed E-state index contributed by atoms with van der Waals surface area (Å²) < 4.78 is 35.5. The van der Waals surface area contributed by atoms with Crippen molar-refractivity contribution in [3.63, 3.8) is 0 Å². The number of rotatable bonds is 6. The third kappa shape index (κ3) is 5.28. The SMILES string of the molecule is CC(=O)O[C@H]1C(=O)[C@]2(C)[C@@H](OC(C)=O)C[C@H]3OC[C@@]3(OC(C)=O)[C@H]2[C@H](OC(=O)c2ccsc2)[C@]2(O)C[C@H](OC(C)=O)C(C)=C1C2(C)C. The van der Waals surface area contributed by atoms with Crippen molar-refractivity contribution < 1.29 is 62.3 Å². The van der Waals surface area contributed by atoms with Gasteiger partial charge in [0.15, 0.2) is 17.5 Å². The topological polar surface area (TPSA) is 178 Å². The molecule has 1 aromatic rings. The molecule has 47 heavy (non-hydrogen) atoms. The Bertz CT molecular complexity index is 1540. The Morgan fingerprint density at radius 1 is 0.936 bits per heavy atom. The first-order chi connectivity index (χ1) is 21.8. The highest BCUT2D eigenvalue weighted by Crippen LogP contribution is 2.65. The van der Waals surface area contributed by atoms with Crippen LogP contribution in [0.15, 0.2) is 28.0 Å².